The highest BCUT2D eigenvalue weighted by Gasteiger charge is 2.52. The first kappa shape index (κ1) is 27.9. The number of hydrogen-bond donors (Lipinski definition) is 11. The lowest BCUT2D eigenvalue weighted by Gasteiger charge is -2.47. The second kappa shape index (κ2) is 11.6. The van der Waals surface area contributed by atoms with Gasteiger partial charge in [-0.3, -0.25) is 0 Å². The van der Waals surface area contributed by atoms with E-state index in [1.807, 2.05) is 0 Å². The lowest BCUT2D eigenvalue weighted by molar-refractivity contribution is -0.391. The topological polar surface area (TPSA) is 269 Å². The molecule has 3 heterocycles. The Kier molecular flexibility index (Phi) is 9.54. The van der Waals surface area contributed by atoms with Crippen molar-refractivity contribution >= 4 is 0 Å². The maximum Gasteiger partial charge on any atom is 0.189 e. The van der Waals surface area contributed by atoms with Crippen LogP contribution in [0.25, 0.3) is 0 Å². The van der Waals surface area contributed by atoms with Gasteiger partial charge in [0.15, 0.2) is 18.9 Å². The predicted molar refractivity (Wildman–Crippen MR) is 101 cm³/mol. The fourth-order valence-corrected chi connectivity index (χ4v) is 3.98. The molecule has 16 nitrogen and oxygen atoms in total. The SMILES string of the molecule is OC[C@H]1O[C@H](O[C@H]2O[C@H](CO)[C@@H](O)[C@H](O)[C@H]2O)[C@H](O)[C@@H](O)C1O[C@H]1O[C@H](CO)[C@@H](O)[C@@H](O)[C@@H]1O. The zero-order chi connectivity index (χ0) is 25.3. The van der Waals surface area contributed by atoms with Crippen LogP contribution in [0.1, 0.15) is 0 Å². The Bertz CT molecular complexity index is 635. The van der Waals surface area contributed by atoms with Crippen molar-refractivity contribution in [3.8, 4) is 0 Å². The molecule has 0 saturated carbocycles. The fraction of sp³-hybridized carbons (Fsp3) is 1.00. The first-order valence-corrected chi connectivity index (χ1v) is 10.6. The van der Waals surface area contributed by atoms with Gasteiger partial charge in [0.1, 0.15) is 73.2 Å². The summed E-state index contributed by atoms with van der Waals surface area (Å²) in [7, 11) is 0. The normalized spacial score (nSPS) is 52.5. The number of aliphatic hydroxyl groups is 11. The highest BCUT2D eigenvalue weighted by Crippen LogP contribution is 2.31. The number of ether oxygens (including phenoxy) is 5. The first-order chi connectivity index (χ1) is 16.0. The van der Waals surface area contributed by atoms with Gasteiger partial charge in [0.05, 0.1) is 19.8 Å². The summed E-state index contributed by atoms with van der Waals surface area (Å²) in [6.45, 7) is -2.30. The van der Waals surface area contributed by atoms with Gasteiger partial charge in [0.25, 0.3) is 0 Å². The van der Waals surface area contributed by atoms with Gasteiger partial charge in [-0.2, -0.15) is 0 Å². The largest absolute Gasteiger partial charge is 0.394 e. The number of aliphatic hydroxyl groups excluding tert-OH is 11. The van der Waals surface area contributed by atoms with Crippen LogP contribution in [0.15, 0.2) is 0 Å². The van der Waals surface area contributed by atoms with Crippen LogP contribution in [0, 0.1) is 0 Å². The first-order valence-electron chi connectivity index (χ1n) is 10.6. The van der Waals surface area contributed by atoms with E-state index in [0.29, 0.717) is 0 Å². The summed E-state index contributed by atoms with van der Waals surface area (Å²) >= 11 is 0. The summed E-state index contributed by atoms with van der Waals surface area (Å²) in [4.78, 5) is 0. The molecule has 0 bridgehead atoms. The van der Waals surface area contributed by atoms with Gasteiger partial charge in [-0.05, 0) is 0 Å². The fourth-order valence-electron chi connectivity index (χ4n) is 3.98. The Morgan fingerprint density at radius 3 is 1.18 bits per heavy atom. The molecule has 34 heavy (non-hydrogen) atoms. The molecular formula is C18H32O16. The Balaban J connectivity index is 1.69. The average Bonchev–Trinajstić information content (AvgIpc) is 2.83. The zero-order valence-electron chi connectivity index (χ0n) is 17.7. The molecular weight excluding hydrogens is 472 g/mol. The van der Waals surface area contributed by atoms with Crippen molar-refractivity contribution in [1.82, 2.24) is 0 Å². The molecule has 0 amide bonds. The van der Waals surface area contributed by atoms with Gasteiger partial charge in [0.2, 0.25) is 0 Å². The van der Waals surface area contributed by atoms with Gasteiger partial charge in [0, 0.05) is 0 Å². The van der Waals surface area contributed by atoms with E-state index in [1.165, 1.54) is 0 Å². The minimum atomic E-state index is -1.91. The van der Waals surface area contributed by atoms with E-state index >= 15 is 0 Å². The standard InChI is InChI=1S/C18H32O16/c19-1-4-7(22)9(24)12(27)16(30-4)33-15-6(3-21)32-18(14(29)11(15)26)34-17-13(28)10(25)8(23)5(2-20)31-17/h4-29H,1-3H2/t4-,5-,6-,7-,8-,9-,10+,11-,12+,13-,14-,15?,16-,17-,18-/m1/s1. The second-order valence-corrected chi connectivity index (χ2v) is 8.34. The van der Waals surface area contributed by atoms with Crippen molar-refractivity contribution in [2.75, 3.05) is 19.8 Å². The maximum absolute atomic E-state index is 10.6. The van der Waals surface area contributed by atoms with Gasteiger partial charge in [-0.1, -0.05) is 0 Å². The van der Waals surface area contributed by atoms with Gasteiger partial charge < -0.3 is 79.9 Å². The van der Waals surface area contributed by atoms with Crippen molar-refractivity contribution in [2.45, 2.75) is 92.1 Å². The molecule has 1 unspecified atom stereocenters. The van der Waals surface area contributed by atoms with E-state index in [4.69, 9.17) is 23.7 Å². The molecule has 3 fully saturated rings. The predicted octanol–water partition coefficient (Wildman–Crippen LogP) is -7.57. The third kappa shape index (κ3) is 5.37. The van der Waals surface area contributed by atoms with E-state index in [2.05, 4.69) is 0 Å². The van der Waals surface area contributed by atoms with E-state index in [0.717, 1.165) is 0 Å². The summed E-state index contributed by atoms with van der Waals surface area (Å²) in [5, 5.41) is 109. The second-order valence-electron chi connectivity index (χ2n) is 8.34. The molecule has 0 radical (unpaired) electrons. The van der Waals surface area contributed by atoms with Crippen molar-refractivity contribution in [1.29, 1.82) is 0 Å². The Labute approximate surface area is 192 Å². The molecule has 3 aliphatic rings. The van der Waals surface area contributed by atoms with Crippen LogP contribution < -0.4 is 0 Å². The lowest BCUT2D eigenvalue weighted by atomic mass is 9.96. The molecule has 0 aromatic carbocycles. The summed E-state index contributed by atoms with van der Waals surface area (Å²) in [5.41, 5.74) is 0. The van der Waals surface area contributed by atoms with Crippen molar-refractivity contribution in [2.24, 2.45) is 0 Å². The van der Waals surface area contributed by atoms with E-state index in [9.17, 15) is 56.2 Å². The maximum atomic E-state index is 10.6. The van der Waals surface area contributed by atoms with Crippen molar-refractivity contribution < 1.29 is 79.9 Å². The van der Waals surface area contributed by atoms with Gasteiger partial charge in [-0.25, -0.2) is 0 Å². The minimum Gasteiger partial charge on any atom is -0.394 e. The van der Waals surface area contributed by atoms with Crippen LogP contribution in [0.3, 0.4) is 0 Å². The Hall–Kier alpha value is -0.640. The molecule has 16 heteroatoms. The van der Waals surface area contributed by atoms with Gasteiger partial charge in [-0.15, -0.1) is 0 Å². The van der Waals surface area contributed by atoms with Crippen molar-refractivity contribution in [3.05, 3.63) is 0 Å². The Morgan fingerprint density at radius 2 is 0.765 bits per heavy atom. The van der Waals surface area contributed by atoms with E-state index < -0.39 is 112 Å². The molecule has 200 valence electrons. The van der Waals surface area contributed by atoms with Crippen LogP contribution in [-0.4, -0.2) is 168 Å². The monoisotopic (exact) mass is 504 g/mol. The smallest absolute Gasteiger partial charge is 0.189 e. The third-order valence-corrected chi connectivity index (χ3v) is 6.08. The molecule has 0 aliphatic carbocycles. The van der Waals surface area contributed by atoms with Crippen LogP contribution in [0.5, 0.6) is 0 Å². The lowest BCUT2D eigenvalue weighted by Crippen LogP contribution is -2.66. The van der Waals surface area contributed by atoms with E-state index in [-0.39, 0.29) is 0 Å². The summed E-state index contributed by atoms with van der Waals surface area (Å²) in [5.74, 6) is 0. The highest BCUT2D eigenvalue weighted by molar-refractivity contribution is 4.95. The highest BCUT2D eigenvalue weighted by atomic mass is 16.8. The molecule has 3 saturated heterocycles. The number of hydrogen-bond acceptors (Lipinski definition) is 16. The number of rotatable bonds is 7. The summed E-state index contributed by atoms with van der Waals surface area (Å²) < 4.78 is 26.5. The molecule has 11 N–H and O–H groups in total. The van der Waals surface area contributed by atoms with Crippen LogP contribution in [-0.2, 0) is 23.7 Å². The molecule has 3 rings (SSSR count). The quantitative estimate of drug-likeness (QED) is 0.154. The van der Waals surface area contributed by atoms with Crippen LogP contribution >= 0.6 is 0 Å². The van der Waals surface area contributed by atoms with Crippen molar-refractivity contribution in [3.63, 3.8) is 0 Å². The summed E-state index contributed by atoms with van der Waals surface area (Å²) in [6, 6.07) is 0. The van der Waals surface area contributed by atoms with Crippen LogP contribution in [0.4, 0.5) is 0 Å². The molecule has 0 aromatic heterocycles. The zero-order valence-corrected chi connectivity index (χ0v) is 17.7. The molecule has 0 spiro atoms. The average molecular weight is 504 g/mol. The molecule has 15 atom stereocenters. The summed E-state index contributed by atoms with van der Waals surface area (Å²) in [6.07, 6.45) is -25.1. The van der Waals surface area contributed by atoms with E-state index in [1.54, 1.807) is 0 Å². The van der Waals surface area contributed by atoms with Crippen LogP contribution in [0.2, 0.25) is 0 Å². The molecule has 0 aromatic rings. The Morgan fingerprint density at radius 1 is 0.412 bits per heavy atom. The third-order valence-electron chi connectivity index (χ3n) is 6.08. The minimum absolute atomic E-state index is 0.740. The van der Waals surface area contributed by atoms with Gasteiger partial charge >= 0.3 is 0 Å². The molecule has 3 aliphatic heterocycles.